The summed E-state index contributed by atoms with van der Waals surface area (Å²) in [5, 5.41) is 21.7. The van der Waals surface area contributed by atoms with E-state index in [0.29, 0.717) is 24.3 Å². The van der Waals surface area contributed by atoms with Gasteiger partial charge < -0.3 is 10.4 Å². The first-order chi connectivity index (χ1) is 9.46. The number of aromatic hydroxyl groups is 1. The molecule has 1 saturated carbocycles. The molecule has 106 valence electrons. The van der Waals surface area contributed by atoms with Crippen molar-refractivity contribution in [1.82, 2.24) is 5.32 Å². The topological polar surface area (TPSA) is 73.1 Å². The summed E-state index contributed by atoms with van der Waals surface area (Å²) in [6, 6.07) is 6.52. The quantitative estimate of drug-likeness (QED) is 0.879. The van der Waals surface area contributed by atoms with E-state index in [-0.39, 0.29) is 16.7 Å². The first kappa shape index (κ1) is 14.7. The summed E-state index contributed by atoms with van der Waals surface area (Å²) < 4.78 is 0. The van der Waals surface area contributed by atoms with E-state index in [9.17, 15) is 15.2 Å². The molecule has 0 radical (unpaired) electrons. The lowest BCUT2D eigenvalue weighted by molar-refractivity contribution is 0.0894. The molecule has 0 unspecified atom stereocenters. The van der Waals surface area contributed by atoms with Gasteiger partial charge in [0.25, 0.3) is 5.91 Å². The minimum Gasteiger partial charge on any atom is -0.506 e. The minimum absolute atomic E-state index is 0.0651. The van der Waals surface area contributed by atoms with Gasteiger partial charge in [-0.1, -0.05) is 18.5 Å². The van der Waals surface area contributed by atoms with Crippen LogP contribution >= 0.6 is 11.6 Å². The molecule has 0 bridgehead atoms. The Kier molecular flexibility index (Phi) is 4.20. The number of phenols is 1. The van der Waals surface area contributed by atoms with E-state index in [2.05, 4.69) is 18.3 Å². The molecular formula is C15H17ClN2O2. The molecule has 4 nitrogen and oxygen atoms in total. The Hall–Kier alpha value is -1.73. The summed E-state index contributed by atoms with van der Waals surface area (Å²) in [6.07, 6.45) is 3.21. The van der Waals surface area contributed by atoms with Gasteiger partial charge in [0, 0.05) is 5.56 Å². The van der Waals surface area contributed by atoms with Crippen LogP contribution in [-0.4, -0.2) is 16.6 Å². The van der Waals surface area contributed by atoms with E-state index in [1.165, 1.54) is 18.2 Å². The third-order valence-electron chi connectivity index (χ3n) is 3.90. The number of halogens is 1. The van der Waals surface area contributed by atoms with Gasteiger partial charge in [-0.15, -0.1) is 0 Å². The Morgan fingerprint density at radius 3 is 2.70 bits per heavy atom. The summed E-state index contributed by atoms with van der Waals surface area (Å²) in [5.41, 5.74) is -0.436. The van der Waals surface area contributed by atoms with Crippen LogP contribution in [0.4, 0.5) is 0 Å². The number of nitrogens with one attached hydrogen (secondary N) is 1. The highest BCUT2D eigenvalue weighted by Gasteiger charge is 2.35. The summed E-state index contributed by atoms with van der Waals surface area (Å²) in [5.74, 6) is 0.198. The van der Waals surface area contributed by atoms with Gasteiger partial charge >= 0.3 is 0 Å². The zero-order chi connectivity index (χ0) is 14.8. The van der Waals surface area contributed by atoms with Crippen LogP contribution in [0.2, 0.25) is 5.02 Å². The second kappa shape index (κ2) is 5.72. The number of hydrogen-bond acceptors (Lipinski definition) is 3. The predicted molar refractivity (Wildman–Crippen MR) is 76.6 cm³/mol. The van der Waals surface area contributed by atoms with Crippen molar-refractivity contribution in [2.45, 2.75) is 38.1 Å². The van der Waals surface area contributed by atoms with Gasteiger partial charge in [-0.05, 0) is 49.8 Å². The standard InChI is InChI=1S/C15H17ClN2O2/c1-10-4-6-15(9-17,7-5-10)18-14(20)11-2-3-13(19)12(16)8-11/h2-3,8,10,19H,4-7H2,1H3,(H,18,20). The highest BCUT2D eigenvalue weighted by Crippen LogP contribution is 2.32. The number of nitrogens with zero attached hydrogens (tertiary/aromatic N) is 1. The lowest BCUT2D eigenvalue weighted by Crippen LogP contribution is -2.49. The van der Waals surface area contributed by atoms with Crippen molar-refractivity contribution >= 4 is 17.5 Å². The van der Waals surface area contributed by atoms with Gasteiger partial charge in [0.2, 0.25) is 0 Å². The number of rotatable bonds is 2. The second-order valence-corrected chi connectivity index (χ2v) is 5.90. The van der Waals surface area contributed by atoms with Crippen LogP contribution in [0.1, 0.15) is 43.0 Å². The van der Waals surface area contributed by atoms with Crippen LogP contribution in [0.3, 0.4) is 0 Å². The molecule has 2 rings (SSSR count). The predicted octanol–water partition coefficient (Wildman–Crippen LogP) is 3.25. The maximum atomic E-state index is 12.2. The minimum atomic E-state index is -0.784. The van der Waals surface area contributed by atoms with E-state index in [1.807, 2.05) is 0 Å². The van der Waals surface area contributed by atoms with E-state index in [1.54, 1.807) is 0 Å². The number of carbonyl (C=O) groups excluding carboxylic acids is 1. The van der Waals surface area contributed by atoms with Crippen molar-refractivity contribution in [3.63, 3.8) is 0 Å². The van der Waals surface area contributed by atoms with Crippen LogP contribution in [0.5, 0.6) is 5.75 Å². The number of benzene rings is 1. The number of hydrogen-bond donors (Lipinski definition) is 2. The number of nitriles is 1. The van der Waals surface area contributed by atoms with Crippen molar-refractivity contribution in [3.05, 3.63) is 28.8 Å². The van der Waals surface area contributed by atoms with Crippen molar-refractivity contribution < 1.29 is 9.90 Å². The van der Waals surface area contributed by atoms with Crippen LogP contribution in [-0.2, 0) is 0 Å². The molecular weight excluding hydrogens is 276 g/mol. The Morgan fingerprint density at radius 1 is 1.50 bits per heavy atom. The first-order valence-corrected chi connectivity index (χ1v) is 7.06. The summed E-state index contributed by atoms with van der Waals surface area (Å²) in [6.45, 7) is 2.16. The van der Waals surface area contributed by atoms with Gasteiger partial charge in [-0.25, -0.2) is 0 Å². The molecule has 1 aromatic carbocycles. The summed E-state index contributed by atoms with van der Waals surface area (Å²) >= 11 is 5.79. The molecule has 0 aromatic heterocycles. The Morgan fingerprint density at radius 2 is 2.15 bits per heavy atom. The average Bonchev–Trinajstić information content (AvgIpc) is 2.44. The molecule has 1 aliphatic carbocycles. The highest BCUT2D eigenvalue weighted by atomic mass is 35.5. The van der Waals surface area contributed by atoms with Gasteiger partial charge in [0.15, 0.2) is 0 Å². The van der Waals surface area contributed by atoms with Crippen LogP contribution in [0, 0.1) is 17.2 Å². The zero-order valence-electron chi connectivity index (χ0n) is 11.3. The van der Waals surface area contributed by atoms with Crippen LogP contribution < -0.4 is 5.32 Å². The molecule has 0 saturated heterocycles. The molecule has 5 heteroatoms. The Balaban J connectivity index is 2.13. The van der Waals surface area contributed by atoms with Gasteiger partial charge in [0.1, 0.15) is 11.3 Å². The molecule has 0 atom stereocenters. The van der Waals surface area contributed by atoms with E-state index < -0.39 is 5.54 Å². The van der Waals surface area contributed by atoms with Crippen LogP contribution in [0.25, 0.3) is 0 Å². The smallest absolute Gasteiger partial charge is 0.252 e. The fourth-order valence-corrected chi connectivity index (χ4v) is 2.64. The third kappa shape index (κ3) is 3.05. The third-order valence-corrected chi connectivity index (χ3v) is 4.21. The number of amides is 1. The second-order valence-electron chi connectivity index (χ2n) is 5.50. The molecule has 2 N–H and O–H groups in total. The molecule has 1 fully saturated rings. The summed E-state index contributed by atoms with van der Waals surface area (Å²) in [4.78, 5) is 12.2. The molecule has 1 aromatic rings. The lowest BCUT2D eigenvalue weighted by atomic mass is 9.78. The highest BCUT2D eigenvalue weighted by molar-refractivity contribution is 6.32. The fraction of sp³-hybridized carbons (Fsp3) is 0.467. The van der Waals surface area contributed by atoms with Gasteiger partial charge in [-0.3, -0.25) is 4.79 Å². The van der Waals surface area contributed by atoms with Crippen molar-refractivity contribution in [2.75, 3.05) is 0 Å². The SMILES string of the molecule is CC1CCC(C#N)(NC(=O)c2ccc(O)c(Cl)c2)CC1. The van der Waals surface area contributed by atoms with Gasteiger partial charge in [-0.2, -0.15) is 5.26 Å². The monoisotopic (exact) mass is 292 g/mol. The maximum Gasteiger partial charge on any atom is 0.252 e. The largest absolute Gasteiger partial charge is 0.506 e. The average molecular weight is 293 g/mol. The Labute approximate surface area is 123 Å². The molecule has 0 aliphatic heterocycles. The molecule has 0 spiro atoms. The zero-order valence-corrected chi connectivity index (χ0v) is 12.1. The first-order valence-electron chi connectivity index (χ1n) is 6.68. The normalized spacial score (nSPS) is 25.8. The van der Waals surface area contributed by atoms with Crippen LogP contribution in [0.15, 0.2) is 18.2 Å². The maximum absolute atomic E-state index is 12.2. The van der Waals surface area contributed by atoms with Gasteiger partial charge in [0.05, 0.1) is 11.1 Å². The fourth-order valence-electron chi connectivity index (χ4n) is 2.46. The van der Waals surface area contributed by atoms with E-state index >= 15 is 0 Å². The molecule has 20 heavy (non-hydrogen) atoms. The van der Waals surface area contributed by atoms with Crippen molar-refractivity contribution in [2.24, 2.45) is 5.92 Å². The van der Waals surface area contributed by atoms with E-state index in [4.69, 9.17) is 11.6 Å². The summed E-state index contributed by atoms with van der Waals surface area (Å²) in [7, 11) is 0. The Bertz CT molecular complexity index is 557. The lowest BCUT2D eigenvalue weighted by Gasteiger charge is -2.34. The molecule has 1 aliphatic rings. The van der Waals surface area contributed by atoms with Crippen molar-refractivity contribution in [1.29, 1.82) is 5.26 Å². The number of carbonyl (C=O) groups is 1. The number of phenolic OH excluding ortho intramolecular Hbond substituents is 1. The van der Waals surface area contributed by atoms with Crippen molar-refractivity contribution in [3.8, 4) is 11.8 Å². The van der Waals surface area contributed by atoms with E-state index in [0.717, 1.165) is 12.8 Å². The molecule has 0 heterocycles. The molecule has 1 amide bonds.